The van der Waals surface area contributed by atoms with Crippen molar-refractivity contribution in [2.24, 2.45) is 4.99 Å². The molecule has 1 aromatic rings. The summed E-state index contributed by atoms with van der Waals surface area (Å²) < 4.78 is 25.6. The summed E-state index contributed by atoms with van der Waals surface area (Å²) in [7, 11) is 0. The van der Waals surface area contributed by atoms with Gasteiger partial charge in [-0.1, -0.05) is 18.2 Å². The number of nitrogens with one attached hydrogen (secondary N) is 1. The van der Waals surface area contributed by atoms with Crippen molar-refractivity contribution in [3.63, 3.8) is 0 Å². The van der Waals surface area contributed by atoms with Crippen molar-refractivity contribution in [2.75, 3.05) is 39.4 Å². The van der Waals surface area contributed by atoms with Crippen molar-refractivity contribution in [2.45, 2.75) is 57.7 Å². The first-order valence-electron chi connectivity index (χ1n) is 10.8. The fourth-order valence-electron chi connectivity index (χ4n) is 3.83. The lowest BCUT2D eigenvalue weighted by atomic mass is 10.1. The van der Waals surface area contributed by atoms with Crippen LogP contribution >= 0.6 is 24.0 Å². The van der Waals surface area contributed by atoms with Crippen LogP contribution in [0.15, 0.2) is 29.3 Å². The van der Waals surface area contributed by atoms with Crippen LogP contribution in [0.25, 0.3) is 0 Å². The van der Waals surface area contributed by atoms with Gasteiger partial charge in [-0.3, -0.25) is 4.99 Å². The Balaban J connectivity index is 0.00000300. The zero-order valence-electron chi connectivity index (χ0n) is 17.4. The summed E-state index contributed by atoms with van der Waals surface area (Å²) in [6.07, 6.45) is 6.77. The van der Waals surface area contributed by atoms with Gasteiger partial charge in [-0.25, -0.2) is 4.39 Å². The van der Waals surface area contributed by atoms with Gasteiger partial charge in [0, 0.05) is 32.8 Å². The molecule has 29 heavy (non-hydrogen) atoms. The predicted octanol–water partition coefficient (Wildman–Crippen LogP) is 4.00. The van der Waals surface area contributed by atoms with E-state index in [1.54, 1.807) is 6.07 Å². The molecule has 1 aromatic carbocycles. The number of benzene rings is 1. The van der Waals surface area contributed by atoms with Gasteiger partial charge in [-0.15, -0.1) is 24.0 Å². The molecule has 0 aromatic heterocycles. The van der Waals surface area contributed by atoms with E-state index >= 15 is 0 Å². The van der Waals surface area contributed by atoms with E-state index in [0.29, 0.717) is 19.1 Å². The van der Waals surface area contributed by atoms with E-state index < -0.39 is 0 Å². The highest BCUT2D eigenvalue weighted by molar-refractivity contribution is 14.0. The molecular weight excluding hydrogens is 484 g/mol. The van der Waals surface area contributed by atoms with Gasteiger partial charge in [0.15, 0.2) is 5.96 Å². The SMILES string of the molecule is CCNC(=NCCc1ccccc1F)N1CCC(OCC2CCCCO2)CC1.I. The highest BCUT2D eigenvalue weighted by atomic mass is 127. The summed E-state index contributed by atoms with van der Waals surface area (Å²) in [4.78, 5) is 7.02. The van der Waals surface area contributed by atoms with E-state index in [0.717, 1.165) is 63.6 Å². The number of guanidine groups is 1. The number of nitrogens with zero attached hydrogens (tertiary/aromatic N) is 2. The number of piperidine rings is 1. The molecule has 164 valence electrons. The molecule has 0 spiro atoms. The summed E-state index contributed by atoms with van der Waals surface area (Å²) in [6.45, 7) is 6.95. The minimum absolute atomic E-state index is 0. The Kier molecular flexibility index (Phi) is 11.2. The smallest absolute Gasteiger partial charge is 0.193 e. The molecule has 1 atom stereocenters. The van der Waals surface area contributed by atoms with Crippen molar-refractivity contribution in [3.05, 3.63) is 35.6 Å². The van der Waals surface area contributed by atoms with Gasteiger partial charge < -0.3 is 19.7 Å². The molecule has 0 amide bonds. The number of likely N-dealkylation sites (tertiary alicyclic amines) is 1. The number of hydrogen-bond donors (Lipinski definition) is 1. The lowest BCUT2D eigenvalue weighted by Crippen LogP contribution is -2.47. The summed E-state index contributed by atoms with van der Waals surface area (Å²) in [5, 5.41) is 3.37. The summed E-state index contributed by atoms with van der Waals surface area (Å²) >= 11 is 0. The van der Waals surface area contributed by atoms with E-state index in [1.807, 2.05) is 12.1 Å². The zero-order valence-corrected chi connectivity index (χ0v) is 19.8. The third-order valence-corrected chi connectivity index (χ3v) is 5.47. The first-order chi connectivity index (χ1) is 13.8. The van der Waals surface area contributed by atoms with E-state index in [-0.39, 0.29) is 35.9 Å². The van der Waals surface area contributed by atoms with Crippen LogP contribution in [0, 0.1) is 5.82 Å². The summed E-state index contributed by atoms with van der Waals surface area (Å²) in [5.41, 5.74) is 0.721. The van der Waals surface area contributed by atoms with Gasteiger partial charge in [0.05, 0.1) is 18.8 Å². The molecule has 2 saturated heterocycles. The molecule has 1 unspecified atom stereocenters. The molecule has 0 bridgehead atoms. The zero-order chi connectivity index (χ0) is 19.6. The van der Waals surface area contributed by atoms with Crippen molar-refractivity contribution < 1.29 is 13.9 Å². The third kappa shape index (κ3) is 8.02. The number of rotatable bonds is 7. The maximum Gasteiger partial charge on any atom is 0.193 e. The molecule has 0 radical (unpaired) electrons. The molecule has 5 nitrogen and oxygen atoms in total. The van der Waals surface area contributed by atoms with Gasteiger partial charge in [-0.05, 0) is 57.1 Å². The minimum Gasteiger partial charge on any atom is -0.376 e. The molecule has 2 heterocycles. The second-order valence-electron chi connectivity index (χ2n) is 7.59. The van der Waals surface area contributed by atoms with E-state index in [9.17, 15) is 4.39 Å². The van der Waals surface area contributed by atoms with Crippen LogP contribution < -0.4 is 5.32 Å². The van der Waals surface area contributed by atoms with Crippen LogP contribution in [0.3, 0.4) is 0 Å². The van der Waals surface area contributed by atoms with Crippen LogP contribution in [-0.2, 0) is 15.9 Å². The highest BCUT2D eigenvalue weighted by Crippen LogP contribution is 2.18. The largest absolute Gasteiger partial charge is 0.376 e. The standard InChI is InChI=1S/C22H34FN3O2.HI/c1-2-24-22(25-13-10-18-7-3-4-9-21(18)23)26-14-11-19(12-15-26)28-17-20-8-5-6-16-27-20;/h3-4,7,9,19-20H,2,5-6,8,10-17H2,1H3,(H,24,25);1H. The quantitative estimate of drug-likeness (QED) is 0.336. The lowest BCUT2D eigenvalue weighted by Gasteiger charge is -2.35. The van der Waals surface area contributed by atoms with E-state index in [4.69, 9.17) is 14.5 Å². The molecule has 1 N–H and O–H groups in total. The molecule has 2 fully saturated rings. The predicted molar refractivity (Wildman–Crippen MR) is 126 cm³/mol. The Morgan fingerprint density at radius 3 is 2.72 bits per heavy atom. The van der Waals surface area contributed by atoms with Crippen molar-refractivity contribution in [1.29, 1.82) is 0 Å². The van der Waals surface area contributed by atoms with Crippen LogP contribution in [0.4, 0.5) is 4.39 Å². The second kappa shape index (κ2) is 13.4. The molecule has 7 heteroatoms. The van der Waals surface area contributed by atoms with Crippen molar-refractivity contribution in [3.8, 4) is 0 Å². The van der Waals surface area contributed by atoms with Crippen LogP contribution in [0.1, 0.15) is 44.6 Å². The number of hydrogen-bond acceptors (Lipinski definition) is 3. The van der Waals surface area contributed by atoms with Crippen molar-refractivity contribution in [1.82, 2.24) is 10.2 Å². The van der Waals surface area contributed by atoms with Crippen LogP contribution in [-0.4, -0.2) is 62.5 Å². The normalized spacial score (nSPS) is 21.0. The first kappa shape index (κ1) is 24.3. The minimum atomic E-state index is -0.150. The Bertz CT molecular complexity index is 618. The highest BCUT2D eigenvalue weighted by Gasteiger charge is 2.23. The van der Waals surface area contributed by atoms with Crippen molar-refractivity contribution >= 4 is 29.9 Å². The van der Waals surface area contributed by atoms with Gasteiger partial charge >= 0.3 is 0 Å². The van der Waals surface area contributed by atoms with Gasteiger partial charge in [0.25, 0.3) is 0 Å². The summed E-state index contributed by atoms with van der Waals surface area (Å²) in [5.74, 6) is 0.774. The molecular formula is C22H35FIN3O2. The number of ether oxygens (including phenoxy) is 2. The fourth-order valence-corrected chi connectivity index (χ4v) is 3.83. The maximum atomic E-state index is 13.8. The first-order valence-corrected chi connectivity index (χ1v) is 10.8. The fraction of sp³-hybridized carbons (Fsp3) is 0.682. The average Bonchev–Trinajstić information content (AvgIpc) is 2.74. The Hall–Kier alpha value is -0.930. The van der Waals surface area contributed by atoms with Crippen LogP contribution in [0.5, 0.6) is 0 Å². The molecule has 2 aliphatic rings. The van der Waals surface area contributed by atoms with Gasteiger partial charge in [0.2, 0.25) is 0 Å². The molecule has 2 aliphatic heterocycles. The molecule has 0 aliphatic carbocycles. The van der Waals surface area contributed by atoms with E-state index in [2.05, 4.69) is 17.1 Å². The van der Waals surface area contributed by atoms with Gasteiger partial charge in [0.1, 0.15) is 5.82 Å². The Morgan fingerprint density at radius 1 is 1.24 bits per heavy atom. The van der Waals surface area contributed by atoms with E-state index in [1.165, 1.54) is 18.9 Å². The second-order valence-corrected chi connectivity index (χ2v) is 7.59. The lowest BCUT2D eigenvalue weighted by molar-refractivity contribution is -0.0721. The number of aliphatic imine (C=N–C) groups is 1. The monoisotopic (exact) mass is 519 g/mol. The van der Waals surface area contributed by atoms with Crippen LogP contribution in [0.2, 0.25) is 0 Å². The van der Waals surface area contributed by atoms with Gasteiger partial charge in [-0.2, -0.15) is 0 Å². The Morgan fingerprint density at radius 2 is 2.03 bits per heavy atom. The topological polar surface area (TPSA) is 46.1 Å². The number of halogens is 2. The molecule has 3 rings (SSSR count). The molecule has 0 saturated carbocycles. The average molecular weight is 519 g/mol. The Labute approximate surface area is 191 Å². The summed E-state index contributed by atoms with van der Waals surface area (Å²) in [6, 6.07) is 6.93. The third-order valence-electron chi connectivity index (χ3n) is 5.47. The maximum absolute atomic E-state index is 13.8.